The van der Waals surface area contributed by atoms with Gasteiger partial charge in [-0.1, -0.05) is 5.16 Å². The van der Waals surface area contributed by atoms with Crippen LogP contribution in [0.25, 0.3) is 0 Å². The zero-order chi connectivity index (χ0) is 11.6. The lowest BCUT2D eigenvalue weighted by molar-refractivity contribution is 0.0746. The third-order valence-electron chi connectivity index (χ3n) is 2.57. The highest BCUT2D eigenvalue weighted by Gasteiger charge is 2.23. The first-order valence-corrected chi connectivity index (χ1v) is 4.89. The second-order valence-electron chi connectivity index (χ2n) is 3.70. The van der Waals surface area contributed by atoms with Crippen LogP contribution < -0.4 is 5.73 Å². The van der Waals surface area contributed by atoms with Crippen molar-refractivity contribution in [1.82, 2.24) is 10.1 Å². The molecule has 1 atom stereocenters. The number of likely N-dealkylation sites (N-methyl/N-ethyl adjacent to an activating group) is 1. The Labute approximate surface area is 101 Å². The Morgan fingerprint density at radius 1 is 1.56 bits per heavy atom. The molecule has 0 spiro atoms. The second kappa shape index (κ2) is 5.86. The number of aromatic nitrogens is 1. The van der Waals surface area contributed by atoms with Crippen LogP contribution in [0.5, 0.6) is 0 Å². The first-order valence-electron chi connectivity index (χ1n) is 4.89. The molecule has 0 saturated carbocycles. The van der Waals surface area contributed by atoms with Crippen molar-refractivity contribution < 1.29 is 9.32 Å². The molecule has 2 N–H and O–H groups in total. The van der Waals surface area contributed by atoms with Gasteiger partial charge in [-0.25, -0.2) is 0 Å². The van der Waals surface area contributed by atoms with E-state index in [0.29, 0.717) is 23.6 Å². The maximum absolute atomic E-state index is 12.0. The number of nitrogens with zero attached hydrogens (tertiary/aromatic N) is 2. The van der Waals surface area contributed by atoms with Crippen LogP contribution >= 0.6 is 12.4 Å². The molecule has 0 aromatic carbocycles. The summed E-state index contributed by atoms with van der Waals surface area (Å²) < 4.78 is 4.95. The average molecular weight is 248 g/mol. The molecule has 1 aromatic heterocycles. The standard InChI is InChI=1S/C10H17N3O2.ClH/c1-6(5-11)13(4)10(14)9-7(2)12-15-8(9)3;/h6H,5,11H2,1-4H3;1H. The van der Waals surface area contributed by atoms with Crippen molar-refractivity contribution in [3.05, 3.63) is 17.0 Å². The lowest BCUT2D eigenvalue weighted by Gasteiger charge is -2.23. The lowest BCUT2D eigenvalue weighted by atomic mass is 10.1. The largest absolute Gasteiger partial charge is 0.361 e. The normalized spacial score (nSPS) is 11.8. The Morgan fingerprint density at radius 2 is 2.12 bits per heavy atom. The van der Waals surface area contributed by atoms with Crippen LogP contribution in [0.2, 0.25) is 0 Å². The first-order chi connectivity index (χ1) is 6.99. The summed E-state index contributed by atoms with van der Waals surface area (Å²) in [5.41, 5.74) is 6.67. The van der Waals surface area contributed by atoms with Gasteiger partial charge in [-0.05, 0) is 20.8 Å². The van der Waals surface area contributed by atoms with Crippen molar-refractivity contribution in [1.29, 1.82) is 0 Å². The minimum atomic E-state index is -0.0933. The van der Waals surface area contributed by atoms with E-state index in [1.807, 2.05) is 6.92 Å². The summed E-state index contributed by atoms with van der Waals surface area (Å²) >= 11 is 0. The predicted octanol–water partition coefficient (Wildman–Crippen LogP) is 1.13. The second-order valence-corrected chi connectivity index (χ2v) is 3.70. The summed E-state index contributed by atoms with van der Waals surface area (Å²) in [5.74, 6) is 0.456. The monoisotopic (exact) mass is 247 g/mol. The number of hydrogen-bond acceptors (Lipinski definition) is 4. The molecule has 1 rings (SSSR count). The minimum Gasteiger partial charge on any atom is -0.361 e. The van der Waals surface area contributed by atoms with E-state index in [4.69, 9.17) is 10.3 Å². The van der Waals surface area contributed by atoms with E-state index in [-0.39, 0.29) is 24.4 Å². The summed E-state index contributed by atoms with van der Waals surface area (Å²) in [4.78, 5) is 13.6. The third kappa shape index (κ3) is 2.74. The Morgan fingerprint density at radius 3 is 2.50 bits per heavy atom. The van der Waals surface area contributed by atoms with Crippen LogP contribution in [0.3, 0.4) is 0 Å². The molecule has 0 saturated heterocycles. The number of carbonyl (C=O) groups is 1. The Balaban J connectivity index is 0.00000225. The van der Waals surface area contributed by atoms with E-state index < -0.39 is 0 Å². The van der Waals surface area contributed by atoms with Crippen LogP contribution in [-0.2, 0) is 0 Å². The number of nitrogens with two attached hydrogens (primary N) is 1. The fraction of sp³-hybridized carbons (Fsp3) is 0.600. The van der Waals surface area contributed by atoms with Gasteiger partial charge in [0.2, 0.25) is 0 Å². The molecule has 92 valence electrons. The zero-order valence-electron chi connectivity index (χ0n) is 9.98. The first kappa shape index (κ1) is 14.9. The smallest absolute Gasteiger partial charge is 0.259 e. The summed E-state index contributed by atoms with van der Waals surface area (Å²) in [5, 5.41) is 3.75. The summed E-state index contributed by atoms with van der Waals surface area (Å²) in [7, 11) is 1.73. The van der Waals surface area contributed by atoms with Crippen molar-refractivity contribution >= 4 is 18.3 Å². The molecule has 0 bridgehead atoms. The maximum atomic E-state index is 12.0. The quantitative estimate of drug-likeness (QED) is 0.869. The fourth-order valence-corrected chi connectivity index (χ4v) is 1.32. The van der Waals surface area contributed by atoms with Gasteiger partial charge < -0.3 is 15.2 Å². The Bertz CT molecular complexity index is 345. The molecule has 16 heavy (non-hydrogen) atoms. The van der Waals surface area contributed by atoms with Crippen LogP contribution in [0.15, 0.2) is 4.52 Å². The Kier molecular flexibility index (Phi) is 5.47. The van der Waals surface area contributed by atoms with E-state index in [9.17, 15) is 4.79 Å². The number of rotatable bonds is 3. The zero-order valence-corrected chi connectivity index (χ0v) is 10.8. The number of carbonyl (C=O) groups excluding carboxylic acids is 1. The van der Waals surface area contributed by atoms with Gasteiger partial charge in [0.1, 0.15) is 11.3 Å². The number of amides is 1. The molecular formula is C10H18ClN3O2. The van der Waals surface area contributed by atoms with Gasteiger partial charge in [-0.2, -0.15) is 0 Å². The van der Waals surface area contributed by atoms with Crippen molar-refractivity contribution in [2.24, 2.45) is 5.73 Å². The van der Waals surface area contributed by atoms with Crippen molar-refractivity contribution in [3.63, 3.8) is 0 Å². The molecule has 1 amide bonds. The molecule has 0 aliphatic heterocycles. The molecule has 0 aliphatic carbocycles. The van der Waals surface area contributed by atoms with Crippen molar-refractivity contribution in [3.8, 4) is 0 Å². The summed E-state index contributed by atoms with van der Waals surface area (Å²) in [6, 6.07) is 0.00574. The molecule has 0 fully saturated rings. The average Bonchev–Trinajstić information content (AvgIpc) is 2.55. The highest BCUT2D eigenvalue weighted by molar-refractivity contribution is 5.96. The van der Waals surface area contributed by atoms with E-state index >= 15 is 0 Å². The number of halogens is 1. The number of aryl methyl sites for hydroxylation is 2. The van der Waals surface area contributed by atoms with Crippen LogP contribution in [0, 0.1) is 13.8 Å². The molecule has 0 aliphatic rings. The van der Waals surface area contributed by atoms with E-state index in [1.165, 1.54) is 0 Å². The van der Waals surface area contributed by atoms with Gasteiger partial charge >= 0.3 is 0 Å². The van der Waals surface area contributed by atoms with Gasteiger partial charge in [0.05, 0.1) is 5.69 Å². The van der Waals surface area contributed by atoms with E-state index in [0.717, 1.165) is 0 Å². The highest BCUT2D eigenvalue weighted by Crippen LogP contribution is 2.15. The maximum Gasteiger partial charge on any atom is 0.259 e. The van der Waals surface area contributed by atoms with Gasteiger partial charge in [0.25, 0.3) is 5.91 Å². The third-order valence-corrected chi connectivity index (χ3v) is 2.57. The SMILES string of the molecule is Cc1noc(C)c1C(=O)N(C)C(C)CN.Cl. The fourth-order valence-electron chi connectivity index (χ4n) is 1.32. The van der Waals surface area contributed by atoms with E-state index in [2.05, 4.69) is 5.16 Å². The van der Waals surface area contributed by atoms with E-state index in [1.54, 1.807) is 25.8 Å². The van der Waals surface area contributed by atoms with Gasteiger partial charge in [0, 0.05) is 19.6 Å². The number of hydrogen-bond donors (Lipinski definition) is 1. The predicted molar refractivity (Wildman–Crippen MR) is 63.8 cm³/mol. The molecule has 1 aromatic rings. The molecule has 5 nitrogen and oxygen atoms in total. The Hall–Kier alpha value is -1.07. The van der Waals surface area contributed by atoms with Crippen molar-refractivity contribution in [2.45, 2.75) is 26.8 Å². The van der Waals surface area contributed by atoms with Crippen LogP contribution in [0.4, 0.5) is 0 Å². The van der Waals surface area contributed by atoms with Gasteiger partial charge in [0.15, 0.2) is 0 Å². The summed E-state index contributed by atoms with van der Waals surface area (Å²) in [6.45, 7) is 5.82. The van der Waals surface area contributed by atoms with Crippen LogP contribution in [-0.4, -0.2) is 35.6 Å². The molecule has 1 unspecified atom stereocenters. The molecule has 1 heterocycles. The highest BCUT2D eigenvalue weighted by atomic mass is 35.5. The lowest BCUT2D eigenvalue weighted by Crippen LogP contribution is -2.40. The molecule has 6 heteroatoms. The van der Waals surface area contributed by atoms with Gasteiger partial charge in [-0.15, -0.1) is 12.4 Å². The van der Waals surface area contributed by atoms with Crippen molar-refractivity contribution in [2.75, 3.05) is 13.6 Å². The van der Waals surface area contributed by atoms with Crippen LogP contribution in [0.1, 0.15) is 28.7 Å². The molecule has 0 radical (unpaired) electrons. The summed E-state index contributed by atoms with van der Waals surface area (Å²) in [6.07, 6.45) is 0. The van der Waals surface area contributed by atoms with Gasteiger partial charge in [-0.3, -0.25) is 4.79 Å². The molecular weight excluding hydrogens is 230 g/mol. The topological polar surface area (TPSA) is 72.4 Å². The minimum absolute atomic E-state index is 0.